The number of hydrogen-bond donors (Lipinski definition) is 2. The van der Waals surface area contributed by atoms with Gasteiger partial charge in [-0.15, -0.1) is 6.42 Å². The van der Waals surface area contributed by atoms with Gasteiger partial charge in [0.25, 0.3) is 0 Å². The molecule has 0 radical (unpaired) electrons. The normalized spacial score (nSPS) is 26.4. The molecule has 4 aliphatic heterocycles. The second-order valence-electron chi connectivity index (χ2n) is 12.6. The van der Waals surface area contributed by atoms with Gasteiger partial charge in [0, 0.05) is 55.3 Å². The van der Waals surface area contributed by atoms with Crippen LogP contribution in [0.1, 0.15) is 37.7 Å². The van der Waals surface area contributed by atoms with E-state index in [2.05, 4.69) is 31.0 Å². The number of aromatic nitrogens is 3. The fourth-order valence-electron chi connectivity index (χ4n) is 7.89. The Bertz CT molecular complexity index is 1850. The summed E-state index contributed by atoms with van der Waals surface area (Å²) in [6.45, 7) is 2.79. The monoisotopic (exact) mass is 600 g/mol. The molecule has 226 valence electrons. The third kappa shape index (κ3) is 4.34. The Hall–Kier alpha value is -4.14. The van der Waals surface area contributed by atoms with Crippen molar-refractivity contribution < 1.29 is 23.0 Å². The van der Waals surface area contributed by atoms with Crippen LogP contribution in [0.3, 0.4) is 0 Å². The molecule has 4 atom stereocenters. The number of anilines is 1. The van der Waals surface area contributed by atoms with E-state index in [1.54, 1.807) is 0 Å². The van der Waals surface area contributed by atoms with E-state index in [9.17, 15) is 13.9 Å². The van der Waals surface area contributed by atoms with Crippen LogP contribution in [0.2, 0.25) is 0 Å². The number of aromatic hydroxyl groups is 1. The zero-order valence-electron chi connectivity index (χ0n) is 24.0. The van der Waals surface area contributed by atoms with Gasteiger partial charge in [0.1, 0.15) is 41.4 Å². The van der Waals surface area contributed by atoms with Crippen molar-refractivity contribution in [1.29, 1.82) is 0 Å². The molecule has 2 bridgehead atoms. The van der Waals surface area contributed by atoms with E-state index in [1.807, 2.05) is 0 Å². The molecule has 2 aromatic carbocycles. The second-order valence-corrected chi connectivity index (χ2v) is 12.6. The van der Waals surface area contributed by atoms with Gasteiger partial charge in [-0.1, -0.05) is 12.0 Å². The van der Waals surface area contributed by atoms with Crippen molar-refractivity contribution in [2.75, 3.05) is 37.7 Å². The van der Waals surface area contributed by atoms with E-state index >= 15 is 4.39 Å². The molecule has 8 nitrogen and oxygen atoms in total. The van der Waals surface area contributed by atoms with Crippen LogP contribution in [0, 0.1) is 24.0 Å². The van der Waals surface area contributed by atoms with E-state index in [0.717, 1.165) is 32.2 Å². The van der Waals surface area contributed by atoms with E-state index in [0.29, 0.717) is 54.7 Å². The van der Waals surface area contributed by atoms with Crippen molar-refractivity contribution in [2.24, 2.45) is 0 Å². The predicted octanol–water partition coefficient (Wildman–Crippen LogP) is 4.71. The standard InChI is InChI=1S/C33H31F3N6O2/c1-2-23-26(35)7-4-18-10-22(43)11-24(27(18)23)29-28(36)30-25(13-37-29)31(41-15-20-5-6-21(16-41)38-20)40-32(39-30)44-17-33-8-3-9-42(33)14-19(34)12-33/h1,4,7,10-11,13,19-21,38,43H,3,5-6,8-9,12,14-17H2/t19-,20?,21?,33-/m0/s1. The number of halogens is 3. The minimum Gasteiger partial charge on any atom is -0.508 e. The molecule has 0 aliphatic carbocycles. The molecule has 2 unspecified atom stereocenters. The van der Waals surface area contributed by atoms with Crippen LogP contribution in [-0.4, -0.2) is 81.5 Å². The Morgan fingerprint density at radius 1 is 1.14 bits per heavy atom. The smallest absolute Gasteiger partial charge is 0.319 e. The van der Waals surface area contributed by atoms with Crippen molar-refractivity contribution in [3.63, 3.8) is 0 Å². The first kappa shape index (κ1) is 27.4. The van der Waals surface area contributed by atoms with Crippen molar-refractivity contribution in [3.8, 4) is 35.4 Å². The van der Waals surface area contributed by atoms with Gasteiger partial charge in [-0.05, 0) is 55.8 Å². The maximum atomic E-state index is 16.7. The van der Waals surface area contributed by atoms with Gasteiger partial charge in [0.05, 0.1) is 16.5 Å². The first-order chi connectivity index (χ1) is 21.3. The van der Waals surface area contributed by atoms with Crippen LogP contribution >= 0.6 is 0 Å². The van der Waals surface area contributed by atoms with Crippen LogP contribution in [-0.2, 0) is 0 Å². The highest BCUT2D eigenvalue weighted by molar-refractivity contribution is 6.03. The maximum absolute atomic E-state index is 16.7. The van der Waals surface area contributed by atoms with Gasteiger partial charge in [0.2, 0.25) is 0 Å². The summed E-state index contributed by atoms with van der Waals surface area (Å²) in [4.78, 5) is 18.1. The average molecular weight is 601 g/mol. The molecule has 2 aromatic heterocycles. The Morgan fingerprint density at radius 2 is 1.95 bits per heavy atom. The largest absolute Gasteiger partial charge is 0.508 e. The van der Waals surface area contributed by atoms with E-state index in [1.165, 1.54) is 30.5 Å². The van der Waals surface area contributed by atoms with Gasteiger partial charge in [0.15, 0.2) is 5.82 Å². The first-order valence-electron chi connectivity index (χ1n) is 15.1. The Balaban J connectivity index is 1.28. The summed E-state index contributed by atoms with van der Waals surface area (Å²) in [6.07, 6.45) is 10.5. The minimum absolute atomic E-state index is 0.00778. The highest BCUT2D eigenvalue weighted by atomic mass is 19.1. The molecular weight excluding hydrogens is 569 g/mol. The lowest BCUT2D eigenvalue weighted by atomic mass is 9.95. The molecule has 6 heterocycles. The number of nitrogens with zero attached hydrogens (tertiary/aromatic N) is 5. The molecule has 4 aliphatic rings. The summed E-state index contributed by atoms with van der Waals surface area (Å²) in [5, 5.41) is 15.2. The molecular formula is C33H31F3N6O2. The van der Waals surface area contributed by atoms with Crippen molar-refractivity contribution in [3.05, 3.63) is 47.7 Å². The number of piperazine rings is 1. The number of benzene rings is 2. The van der Waals surface area contributed by atoms with Crippen molar-refractivity contribution in [1.82, 2.24) is 25.2 Å². The summed E-state index contributed by atoms with van der Waals surface area (Å²) in [6, 6.07) is 6.07. The number of phenolic OH excluding ortho intramolecular Hbond substituents is 1. The Kier molecular flexibility index (Phi) is 6.36. The van der Waals surface area contributed by atoms with Crippen LogP contribution < -0.4 is 15.0 Å². The number of terminal acetylenes is 1. The zero-order chi connectivity index (χ0) is 30.2. The molecule has 0 amide bonds. The van der Waals surface area contributed by atoms with E-state index in [-0.39, 0.29) is 46.1 Å². The Labute approximate surface area is 252 Å². The fraction of sp³-hybridized carbons (Fsp3) is 0.424. The first-order valence-corrected chi connectivity index (χ1v) is 15.1. The minimum atomic E-state index is -0.913. The fourth-order valence-corrected chi connectivity index (χ4v) is 7.89. The van der Waals surface area contributed by atoms with Gasteiger partial charge in [-0.2, -0.15) is 9.97 Å². The maximum Gasteiger partial charge on any atom is 0.319 e. The van der Waals surface area contributed by atoms with E-state index < -0.39 is 23.3 Å². The second kappa shape index (κ2) is 10.2. The molecule has 4 fully saturated rings. The van der Waals surface area contributed by atoms with Crippen LogP contribution in [0.25, 0.3) is 32.9 Å². The highest BCUT2D eigenvalue weighted by Crippen LogP contribution is 2.42. The zero-order valence-corrected chi connectivity index (χ0v) is 24.0. The lowest BCUT2D eigenvalue weighted by Gasteiger charge is -2.34. The predicted molar refractivity (Wildman–Crippen MR) is 160 cm³/mol. The lowest BCUT2D eigenvalue weighted by Crippen LogP contribution is -2.51. The van der Waals surface area contributed by atoms with E-state index in [4.69, 9.17) is 16.1 Å². The molecule has 0 spiro atoms. The Morgan fingerprint density at radius 3 is 2.75 bits per heavy atom. The summed E-state index contributed by atoms with van der Waals surface area (Å²) in [7, 11) is 0. The summed E-state index contributed by atoms with van der Waals surface area (Å²) < 4.78 is 52.2. The molecule has 0 saturated carbocycles. The topological polar surface area (TPSA) is 86.6 Å². The SMILES string of the molecule is C#Cc1c(F)ccc2cc(O)cc(-c3ncc4c(N5CC6CCC(C5)N6)nc(OC[C@@]56CCCN5C[C@@H](F)C6)nc4c3F)c12. The van der Waals surface area contributed by atoms with Crippen molar-refractivity contribution >= 4 is 27.5 Å². The lowest BCUT2D eigenvalue weighted by molar-refractivity contribution is 0.107. The molecule has 11 heteroatoms. The number of hydrogen-bond acceptors (Lipinski definition) is 8. The van der Waals surface area contributed by atoms with Gasteiger partial charge in [-0.3, -0.25) is 9.88 Å². The van der Waals surface area contributed by atoms with Crippen LogP contribution in [0.5, 0.6) is 11.8 Å². The number of alkyl halides is 1. The third-order valence-corrected chi connectivity index (χ3v) is 9.84. The summed E-state index contributed by atoms with van der Waals surface area (Å²) in [5.41, 5.74) is -0.468. The van der Waals surface area contributed by atoms with Crippen LogP contribution in [0.15, 0.2) is 30.5 Å². The summed E-state index contributed by atoms with van der Waals surface area (Å²) in [5.74, 6) is 1.35. The number of rotatable bonds is 5. The number of ether oxygens (including phenoxy) is 1. The third-order valence-electron chi connectivity index (χ3n) is 9.84. The number of nitrogens with one attached hydrogen (secondary N) is 1. The molecule has 4 aromatic rings. The molecule has 4 saturated heterocycles. The van der Waals surface area contributed by atoms with Gasteiger partial charge >= 0.3 is 6.01 Å². The average Bonchev–Trinajstić information content (AvgIpc) is 3.66. The molecule has 44 heavy (non-hydrogen) atoms. The van der Waals surface area contributed by atoms with Gasteiger partial charge < -0.3 is 20.1 Å². The van der Waals surface area contributed by atoms with Gasteiger partial charge in [-0.25, -0.2) is 13.2 Å². The molecule has 2 N–H and O–H groups in total. The summed E-state index contributed by atoms with van der Waals surface area (Å²) >= 11 is 0. The quantitative estimate of drug-likeness (QED) is 0.319. The van der Waals surface area contributed by atoms with Crippen LogP contribution in [0.4, 0.5) is 19.0 Å². The highest BCUT2D eigenvalue weighted by Gasteiger charge is 2.49. The number of fused-ring (bicyclic) bond motifs is 5. The number of pyridine rings is 1. The number of phenols is 1. The molecule has 8 rings (SSSR count). The van der Waals surface area contributed by atoms with Crippen molar-refractivity contribution in [2.45, 2.75) is 55.9 Å².